The zero-order valence-corrected chi connectivity index (χ0v) is 17.1. The number of carbonyl (C=O) groups is 1. The highest BCUT2D eigenvalue weighted by Gasteiger charge is 2.29. The van der Waals surface area contributed by atoms with E-state index in [1.54, 1.807) is 7.11 Å². The van der Waals surface area contributed by atoms with E-state index in [9.17, 15) is 4.79 Å². The number of ether oxygens (including phenoxy) is 2. The molecule has 30 heavy (non-hydrogen) atoms. The van der Waals surface area contributed by atoms with Crippen molar-refractivity contribution in [3.63, 3.8) is 0 Å². The number of esters is 1. The van der Waals surface area contributed by atoms with E-state index in [0.717, 1.165) is 35.5 Å². The minimum absolute atomic E-state index is 0.135. The lowest BCUT2D eigenvalue weighted by Crippen LogP contribution is -2.51. The van der Waals surface area contributed by atoms with Crippen molar-refractivity contribution in [3.05, 3.63) is 48.4 Å². The number of fused-ring (bicyclic) bond motifs is 1. The van der Waals surface area contributed by atoms with Gasteiger partial charge >= 0.3 is 5.97 Å². The van der Waals surface area contributed by atoms with E-state index >= 15 is 0 Å². The lowest BCUT2D eigenvalue weighted by atomic mass is 10.0. The lowest BCUT2D eigenvalue weighted by Gasteiger charge is -2.36. The Kier molecular flexibility index (Phi) is 5.82. The lowest BCUT2D eigenvalue weighted by molar-refractivity contribution is -0.150. The molecule has 0 aliphatic carbocycles. The molecule has 0 spiro atoms. The summed E-state index contributed by atoms with van der Waals surface area (Å²) in [4.78, 5) is 18.1. The maximum Gasteiger partial charge on any atom is 0.303 e. The van der Waals surface area contributed by atoms with Gasteiger partial charge < -0.3 is 20.5 Å². The molecule has 1 saturated heterocycles. The topological polar surface area (TPSA) is 107 Å². The van der Waals surface area contributed by atoms with Crippen LogP contribution in [0.15, 0.2) is 42.9 Å². The molecule has 3 N–H and O–H groups in total. The van der Waals surface area contributed by atoms with Crippen LogP contribution in [0.1, 0.15) is 18.9 Å². The number of nitrogens with one attached hydrogen (secondary N) is 1. The van der Waals surface area contributed by atoms with Crippen LogP contribution in [-0.4, -0.2) is 57.8 Å². The Hall–Kier alpha value is -3.17. The van der Waals surface area contributed by atoms with E-state index in [2.05, 4.69) is 20.3 Å². The highest BCUT2D eigenvalue weighted by atomic mass is 16.5. The quantitative estimate of drug-likeness (QED) is 0.594. The Bertz CT molecular complexity index is 1040. The molecule has 2 aromatic heterocycles. The number of carbonyl (C=O) groups excluding carboxylic acids is 1. The molecular formula is C21H26N6O3. The van der Waals surface area contributed by atoms with Crippen LogP contribution in [0, 0.1) is 0 Å². The molecule has 1 aliphatic rings. The number of likely N-dealkylation sites (tertiary alicyclic amines) is 1. The van der Waals surface area contributed by atoms with E-state index in [1.165, 1.54) is 13.3 Å². The minimum atomic E-state index is -0.301. The standard InChI is InChI=1S/C21H26N6O3/c1-14(28)30-19-12-26(8-7-18(19)22)11-15-6-9-27-20(15)21(23-13-24-27)25-16-4-3-5-17(10-16)29-2/h3-6,9-10,13,18-19H,7-8,11-12,22H2,1-2H3,(H,23,24,25)/t18-,19-/m1/s1. The summed E-state index contributed by atoms with van der Waals surface area (Å²) in [6, 6.07) is 9.59. The summed E-state index contributed by atoms with van der Waals surface area (Å²) in [7, 11) is 1.64. The Balaban J connectivity index is 1.57. The first-order chi connectivity index (χ1) is 14.5. The van der Waals surface area contributed by atoms with Crippen LogP contribution in [0.25, 0.3) is 5.52 Å². The predicted octanol–water partition coefficient (Wildman–Crippen LogP) is 1.95. The number of nitrogens with two attached hydrogens (primary N) is 1. The molecule has 3 aromatic rings. The van der Waals surface area contributed by atoms with Crippen molar-refractivity contribution in [2.45, 2.75) is 32.0 Å². The van der Waals surface area contributed by atoms with Crippen LogP contribution in [0.2, 0.25) is 0 Å². The fourth-order valence-electron chi connectivity index (χ4n) is 3.80. The number of anilines is 2. The Morgan fingerprint density at radius 2 is 2.23 bits per heavy atom. The molecule has 0 amide bonds. The van der Waals surface area contributed by atoms with Crippen molar-refractivity contribution in [2.24, 2.45) is 5.73 Å². The zero-order chi connectivity index (χ0) is 21.1. The van der Waals surface area contributed by atoms with Crippen molar-refractivity contribution in [1.29, 1.82) is 0 Å². The van der Waals surface area contributed by atoms with Gasteiger partial charge in [0.05, 0.1) is 7.11 Å². The first-order valence-electron chi connectivity index (χ1n) is 9.91. The maximum absolute atomic E-state index is 11.4. The molecule has 0 radical (unpaired) electrons. The van der Waals surface area contributed by atoms with Gasteiger partial charge in [-0.2, -0.15) is 5.10 Å². The average molecular weight is 410 g/mol. The van der Waals surface area contributed by atoms with Gasteiger partial charge in [-0.25, -0.2) is 9.50 Å². The van der Waals surface area contributed by atoms with Crippen LogP contribution in [0.4, 0.5) is 11.5 Å². The Labute approximate surface area is 174 Å². The number of methoxy groups -OCH3 is 1. The van der Waals surface area contributed by atoms with Gasteiger partial charge in [-0.15, -0.1) is 0 Å². The van der Waals surface area contributed by atoms with Gasteiger partial charge in [0, 0.05) is 50.6 Å². The smallest absolute Gasteiger partial charge is 0.303 e. The second-order valence-electron chi connectivity index (χ2n) is 7.44. The third-order valence-corrected chi connectivity index (χ3v) is 5.28. The van der Waals surface area contributed by atoms with Crippen molar-refractivity contribution < 1.29 is 14.3 Å². The third-order valence-electron chi connectivity index (χ3n) is 5.28. The predicted molar refractivity (Wildman–Crippen MR) is 113 cm³/mol. The fourth-order valence-corrected chi connectivity index (χ4v) is 3.80. The van der Waals surface area contributed by atoms with E-state index in [-0.39, 0.29) is 18.1 Å². The van der Waals surface area contributed by atoms with E-state index < -0.39 is 0 Å². The minimum Gasteiger partial charge on any atom is -0.497 e. The summed E-state index contributed by atoms with van der Waals surface area (Å²) < 4.78 is 12.5. The molecule has 1 aliphatic heterocycles. The highest BCUT2D eigenvalue weighted by molar-refractivity contribution is 5.76. The van der Waals surface area contributed by atoms with Gasteiger partial charge in [0.25, 0.3) is 0 Å². The van der Waals surface area contributed by atoms with E-state index in [0.29, 0.717) is 18.9 Å². The number of benzene rings is 1. The van der Waals surface area contributed by atoms with Crippen LogP contribution >= 0.6 is 0 Å². The molecular weight excluding hydrogens is 384 g/mol. The maximum atomic E-state index is 11.4. The SMILES string of the molecule is COc1cccc(Nc2ncnn3ccc(CN4CC[C@@H](N)[C@H](OC(C)=O)C4)c23)c1. The monoisotopic (exact) mass is 410 g/mol. The second kappa shape index (κ2) is 8.68. The van der Waals surface area contributed by atoms with Crippen molar-refractivity contribution >= 4 is 23.0 Å². The Morgan fingerprint density at radius 3 is 3.03 bits per heavy atom. The molecule has 1 fully saturated rings. The van der Waals surface area contributed by atoms with Crippen molar-refractivity contribution in [2.75, 3.05) is 25.5 Å². The van der Waals surface area contributed by atoms with Crippen LogP contribution in [0.5, 0.6) is 5.75 Å². The van der Waals surface area contributed by atoms with Crippen LogP contribution in [0.3, 0.4) is 0 Å². The first-order valence-corrected chi connectivity index (χ1v) is 9.91. The molecule has 9 heteroatoms. The number of hydrogen-bond donors (Lipinski definition) is 2. The molecule has 0 unspecified atom stereocenters. The third kappa shape index (κ3) is 4.37. The van der Waals surface area contributed by atoms with Gasteiger partial charge in [-0.3, -0.25) is 9.69 Å². The summed E-state index contributed by atoms with van der Waals surface area (Å²) in [5.41, 5.74) is 9.00. The number of aromatic nitrogens is 3. The second-order valence-corrected chi connectivity index (χ2v) is 7.44. The van der Waals surface area contributed by atoms with Gasteiger partial charge in [0.2, 0.25) is 0 Å². The van der Waals surface area contributed by atoms with Crippen molar-refractivity contribution in [1.82, 2.24) is 19.5 Å². The number of hydrogen-bond acceptors (Lipinski definition) is 8. The highest BCUT2D eigenvalue weighted by Crippen LogP contribution is 2.26. The van der Waals surface area contributed by atoms with E-state index in [4.69, 9.17) is 15.2 Å². The number of nitrogens with zero attached hydrogens (tertiary/aromatic N) is 4. The number of piperidine rings is 1. The molecule has 0 bridgehead atoms. The van der Waals surface area contributed by atoms with E-state index in [1.807, 2.05) is 41.0 Å². The van der Waals surface area contributed by atoms with Gasteiger partial charge in [0.1, 0.15) is 23.7 Å². The number of rotatable bonds is 6. The van der Waals surface area contributed by atoms with Gasteiger partial charge in [-0.1, -0.05) is 6.07 Å². The molecule has 0 saturated carbocycles. The molecule has 1 aromatic carbocycles. The van der Waals surface area contributed by atoms with Gasteiger partial charge in [0.15, 0.2) is 5.82 Å². The summed E-state index contributed by atoms with van der Waals surface area (Å²) in [5.74, 6) is 1.18. The summed E-state index contributed by atoms with van der Waals surface area (Å²) in [5, 5.41) is 7.70. The Morgan fingerprint density at radius 1 is 1.37 bits per heavy atom. The largest absolute Gasteiger partial charge is 0.497 e. The summed E-state index contributed by atoms with van der Waals surface area (Å²) >= 11 is 0. The summed E-state index contributed by atoms with van der Waals surface area (Å²) in [6.45, 7) is 3.54. The van der Waals surface area contributed by atoms with Crippen LogP contribution in [-0.2, 0) is 16.1 Å². The first kappa shape index (κ1) is 20.1. The average Bonchev–Trinajstić information content (AvgIpc) is 3.14. The van der Waals surface area contributed by atoms with Crippen LogP contribution < -0.4 is 15.8 Å². The normalized spacial score (nSPS) is 19.6. The summed E-state index contributed by atoms with van der Waals surface area (Å²) in [6.07, 6.45) is 3.92. The molecule has 4 rings (SSSR count). The fraction of sp³-hybridized carbons (Fsp3) is 0.381. The van der Waals surface area contributed by atoms with Crippen molar-refractivity contribution in [3.8, 4) is 5.75 Å². The molecule has 2 atom stereocenters. The zero-order valence-electron chi connectivity index (χ0n) is 17.1. The molecule has 3 heterocycles. The molecule has 9 nitrogen and oxygen atoms in total. The molecule has 158 valence electrons. The van der Waals surface area contributed by atoms with Gasteiger partial charge in [-0.05, 0) is 30.2 Å².